The van der Waals surface area contributed by atoms with Gasteiger partial charge in [0.05, 0.1) is 0 Å². The normalized spacial score (nSPS) is 34.2. The summed E-state index contributed by atoms with van der Waals surface area (Å²) in [6.07, 6.45) is -14.4. The largest absolute Gasteiger partial charge is 0.481 e. The lowest BCUT2D eigenvalue weighted by molar-refractivity contribution is -0.316. The van der Waals surface area contributed by atoms with Gasteiger partial charge in [-0.1, -0.05) is 20.8 Å². The summed E-state index contributed by atoms with van der Waals surface area (Å²) in [7, 11) is 0. The van der Waals surface area contributed by atoms with Crippen LogP contribution >= 0.6 is 0 Å². The molecule has 174 valence electrons. The summed E-state index contributed by atoms with van der Waals surface area (Å²) >= 11 is 0. The van der Waals surface area contributed by atoms with Gasteiger partial charge in [0.25, 0.3) is 6.10 Å². The van der Waals surface area contributed by atoms with E-state index in [2.05, 4.69) is 24.3 Å². The highest BCUT2D eigenvalue weighted by Gasteiger charge is 2.75. The highest BCUT2D eigenvalue weighted by molar-refractivity contribution is 5.70. The molecule has 2 bridgehead atoms. The van der Waals surface area contributed by atoms with Gasteiger partial charge in [0.15, 0.2) is 11.5 Å². The summed E-state index contributed by atoms with van der Waals surface area (Å²) in [5.74, 6) is -0.598. The van der Waals surface area contributed by atoms with Crippen molar-refractivity contribution in [2.24, 2.45) is 29.1 Å². The minimum atomic E-state index is -5.60. The van der Waals surface area contributed by atoms with Crippen LogP contribution in [0.3, 0.4) is 0 Å². The standard InChI is InChI=1S/C21H24F6O4/c1-9(2)4-10(3)5-15(28)31-16-11-6-12-17(16)29-13-7-14(19(12,13)8-11)30-18(20(22,23)24)21(25,26)27/h9-12,16-18H,4-6,8H2,1-3H3. The fraction of sp³-hybridized carbons (Fsp3) is 0.810. The maximum Gasteiger partial charge on any atom is 0.434 e. The van der Waals surface area contributed by atoms with Gasteiger partial charge in [-0.2, -0.15) is 26.3 Å². The smallest absolute Gasteiger partial charge is 0.434 e. The van der Waals surface area contributed by atoms with E-state index in [4.69, 9.17) is 9.47 Å². The second-order valence-corrected chi connectivity index (χ2v) is 9.62. The fourth-order valence-corrected chi connectivity index (χ4v) is 5.75. The van der Waals surface area contributed by atoms with Crippen molar-refractivity contribution in [2.75, 3.05) is 0 Å². The zero-order valence-electron chi connectivity index (χ0n) is 17.3. The first-order valence-electron chi connectivity index (χ1n) is 10.4. The fourth-order valence-electron chi connectivity index (χ4n) is 5.75. The number of carbonyl (C=O) groups excluding carboxylic acids is 1. The van der Waals surface area contributed by atoms with E-state index in [1.54, 1.807) is 0 Å². The molecule has 1 spiro atoms. The molecule has 4 aliphatic rings. The summed E-state index contributed by atoms with van der Waals surface area (Å²) in [4.78, 5) is 12.4. The summed E-state index contributed by atoms with van der Waals surface area (Å²) in [6.45, 7) is 6.07. The van der Waals surface area contributed by atoms with E-state index in [9.17, 15) is 31.1 Å². The Balaban J connectivity index is 1.43. The minimum Gasteiger partial charge on any atom is -0.481 e. The molecule has 1 aliphatic heterocycles. The number of ether oxygens (including phenoxy) is 3. The summed E-state index contributed by atoms with van der Waals surface area (Å²) < 4.78 is 93.4. The molecule has 1 heterocycles. The van der Waals surface area contributed by atoms with Crippen molar-refractivity contribution in [3.8, 4) is 0 Å². The van der Waals surface area contributed by atoms with Gasteiger partial charge in [-0.15, -0.1) is 0 Å². The van der Waals surface area contributed by atoms with Crippen LogP contribution in [-0.2, 0) is 19.0 Å². The van der Waals surface area contributed by atoms with E-state index in [0.29, 0.717) is 12.3 Å². The van der Waals surface area contributed by atoms with Gasteiger partial charge in [0.1, 0.15) is 17.6 Å². The lowest BCUT2D eigenvalue weighted by Crippen LogP contribution is -2.48. The maximum absolute atomic E-state index is 12.9. The van der Waals surface area contributed by atoms with Crippen LogP contribution in [0.5, 0.6) is 0 Å². The summed E-state index contributed by atoms with van der Waals surface area (Å²) in [5.41, 5.74) is 1.30. The van der Waals surface area contributed by atoms with Crippen molar-refractivity contribution in [3.05, 3.63) is 17.2 Å². The zero-order valence-corrected chi connectivity index (χ0v) is 17.3. The molecule has 31 heavy (non-hydrogen) atoms. The third-order valence-corrected chi connectivity index (χ3v) is 6.74. The Kier molecular flexibility index (Phi) is 5.11. The molecule has 0 N–H and O–H groups in total. The van der Waals surface area contributed by atoms with Gasteiger partial charge in [-0.05, 0) is 36.8 Å². The van der Waals surface area contributed by atoms with Crippen LogP contribution < -0.4 is 0 Å². The predicted octanol–water partition coefficient (Wildman–Crippen LogP) is 5.29. The third kappa shape index (κ3) is 3.60. The lowest BCUT2D eigenvalue weighted by atomic mass is 9.67. The molecule has 2 saturated carbocycles. The molecule has 10 heteroatoms. The van der Waals surface area contributed by atoms with E-state index in [0.717, 1.165) is 6.42 Å². The Bertz CT molecular complexity index is 811. The average Bonchev–Trinajstić information content (AvgIpc) is 3.16. The Morgan fingerprint density at radius 2 is 1.84 bits per heavy atom. The van der Waals surface area contributed by atoms with E-state index in [1.165, 1.54) is 0 Å². The molecule has 6 unspecified atom stereocenters. The highest BCUT2D eigenvalue weighted by atomic mass is 19.4. The van der Waals surface area contributed by atoms with Crippen LogP contribution in [0, 0.1) is 29.1 Å². The van der Waals surface area contributed by atoms with Crippen LogP contribution in [0.2, 0.25) is 0 Å². The van der Waals surface area contributed by atoms with Crippen molar-refractivity contribution >= 4 is 5.97 Å². The van der Waals surface area contributed by atoms with E-state index < -0.39 is 41.8 Å². The third-order valence-electron chi connectivity index (χ3n) is 6.74. The zero-order chi connectivity index (χ0) is 22.9. The molecule has 3 aliphatic carbocycles. The quantitative estimate of drug-likeness (QED) is 0.298. The van der Waals surface area contributed by atoms with Gasteiger partial charge in [0, 0.05) is 18.3 Å². The molecule has 0 aromatic heterocycles. The number of halogens is 6. The first-order chi connectivity index (χ1) is 14.2. The second-order valence-electron chi connectivity index (χ2n) is 9.62. The van der Waals surface area contributed by atoms with Crippen LogP contribution in [0.25, 0.3) is 0 Å². The Hall–Kier alpha value is -1.83. The molecule has 1 saturated heterocycles. The number of alkyl halides is 6. The van der Waals surface area contributed by atoms with Gasteiger partial charge in [-0.3, -0.25) is 4.79 Å². The van der Waals surface area contributed by atoms with Crippen molar-refractivity contribution in [1.29, 1.82) is 0 Å². The summed E-state index contributed by atoms with van der Waals surface area (Å²) in [5, 5.41) is 0. The molecule has 0 aromatic rings. The maximum atomic E-state index is 12.9. The second kappa shape index (κ2) is 7.09. The van der Waals surface area contributed by atoms with E-state index >= 15 is 0 Å². The number of carbonyl (C=O) groups is 1. The molecule has 0 aromatic carbocycles. The first kappa shape index (κ1) is 22.4. The number of esters is 1. The molecule has 0 radical (unpaired) electrons. The Labute approximate surface area is 175 Å². The average molecular weight is 454 g/mol. The van der Waals surface area contributed by atoms with Crippen LogP contribution in [0.4, 0.5) is 26.3 Å². The Morgan fingerprint density at radius 3 is 2.42 bits per heavy atom. The van der Waals surface area contributed by atoms with E-state index in [-0.39, 0.29) is 42.3 Å². The predicted molar refractivity (Wildman–Crippen MR) is 94.2 cm³/mol. The number of hydrogen-bond donors (Lipinski definition) is 0. The number of rotatable bonds is 7. The molecule has 3 fully saturated rings. The van der Waals surface area contributed by atoms with Crippen molar-refractivity contribution in [2.45, 2.75) is 77.1 Å². The molecule has 0 amide bonds. The molecule has 4 rings (SSSR count). The van der Waals surface area contributed by atoms with Crippen molar-refractivity contribution in [1.82, 2.24) is 0 Å². The highest BCUT2D eigenvalue weighted by Crippen LogP contribution is 2.71. The van der Waals surface area contributed by atoms with Gasteiger partial charge in [-0.25, -0.2) is 0 Å². The Morgan fingerprint density at radius 1 is 1.19 bits per heavy atom. The minimum absolute atomic E-state index is 0.143. The molecule has 4 nitrogen and oxygen atoms in total. The molecular formula is C21H24F6O4. The monoisotopic (exact) mass is 454 g/mol. The first-order valence-corrected chi connectivity index (χ1v) is 10.4. The molecule has 6 atom stereocenters. The lowest BCUT2D eigenvalue weighted by Gasteiger charge is -2.38. The number of fused-ring (bicyclic) bond motifs is 1. The van der Waals surface area contributed by atoms with Crippen molar-refractivity contribution < 1.29 is 45.3 Å². The van der Waals surface area contributed by atoms with Gasteiger partial charge < -0.3 is 14.2 Å². The van der Waals surface area contributed by atoms with Gasteiger partial charge in [0.2, 0.25) is 0 Å². The van der Waals surface area contributed by atoms with Crippen LogP contribution in [0.15, 0.2) is 17.2 Å². The topological polar surface area (TPSA) is 44.8 Å². The van der Waals surface area contributed by atoms with Crippen LogP contribution in [0.1, 0.15) is 46.5 Å². The SMILES string of the molecule is CC(C)CC(C)CC(=O)OC1C2CC3C1OC1=C=C(OC(C(F)(F)F)C(F)(F)F)C13C2. The van der Waals surface area contributed by atoms with E-state index in [1.807, 2.05) is 6.92 Å². The van der Waals surface area contributed by atoms with Crippen LogP contribution in [-0.4, -0.2) is 36.6 Å². The summed E-state index contributed by atoms with van der Waals surface area (Å²) in [6, 6.07) is 0. The van der Waals surface area contributed by atoms with Gasteiger partial charge >= 0.3 is 18.3 Å². The number of hydrogen-bond acceptors (Lipinski definition) is 4. The molecular weight excluding hydrogens is 430 g/mol. The van der Waals surface area contributed by atoms with Crippen molar-refractivity contribution in [3.63, 3.8) is 0 Å².